The van der Waals surface area contributed by atoms with Gasteiger partial charge >= 0.3 is 0 Å². The van der Waals surface area contributed by atoms with Gasteiger partial charge in [0.15, 0.2) is 0 Å². The van der Waals surface area contributed by atoms with Crippen LogP contribution in [0.25, 0.3) is 0 Å². The van der Waals surface area contributed by atoms with Gasteiger partial charge in [0.1, 0.15) is 5.56 Å². The Bertz CT molecular complexity index is 494. The van der Waals surface area contributed by atoms with E-state index in [2.05, 4.69) is 18.8 Å². The lowest BCUT2D eigenvalue weighted by Crippen LogP contribution is -2.36. The molecule has 0 aliphatic carbocycles. The Balaban J connectivity index is 2.69. The predicted octanol–water partition coefficient (Wildman–Crippen LogP) is 1.13. The molecule has 1 rings (SSSR count). The Labute approximate surface area is 113 Å². The molecule has 1 unspecified atom stereocenters. The molecule has 19 heavy (non-hydrogen) atoms. The summed E-state index contributed by atoms with van der Waals surface area (Å²) in [4.78, 5) is 28.0. The van der Waals surface area contributed by atoms with E-state index >= 15 is 0 Å². The van der Waals surface area contributed by atoms with Gasteiger partial charge in [-0.2, -0.15) is 0 Å². The molecule has 0 radical (unpaired) electrons. The van der Waals surface area contributed by atoms with Gasteiger partial charge < -0.3 is 15.6 Å². The van der Waals surface area contributed by atoms with Crippen LogP contribution in [0.3, 0.4) is 0 Å². The first kappa shape index (κ1) is 15.4. The van der Waals surface area contributed by atoms with Gasteiger partial charge in [0, 0.05) is 25.3 Å². The molecule has 0 aliphatic rings. The number of hydrogen-bond donors (Lipinski definition) is 2. The molecule has 5 nitrogen and oxygen atoms in total. The van der Waals surface area contributed by atoms with E-state index in [1.165, 1.54) is 0 Å². The summed E-state index contributed by atoms with van der Waals surface area (Å²) < 4.78 is 0. The van der Waals surface area contributed by atoms with Crippen LogP contribution in [-0.4, -0.2) is 35.4 Å². The summed E-state index contributed by atoms with van der Waals surface area (Å²) in [5.74, 6) is 0.114. The molecule has 1 atom stereocenters. The van der Waals surface area contributed by atoms with Crippen LogP contribution in [0.4, 0.5) is 0 Å². The van der Waals surface area contributed by atoms with Crippen molar-refractivity contribution in [1.82, 2.24) is 9.88 Å². The molecule has 0 aliphatic heterocycles. The minimum Gasteiger partial charge on any atom is -0.341 e. The number of pyridine rings is 1. The number of nitrogens with two attached hydrogens (primary N) is 1. The van der Waals surface area contributed by atoms with Crippen molar-refractivity contribution >= 4 is 5.91 Å². The van der Waals surface area contributed by atoms with Crippen LogP contribution in [0.2, 0.25) is 0 Å². The number of aromatic nitrogens is 1. The number of nitrogens with zero attached hydrogens (tertiary/aromatic N) is 1. The van der Waals surface area contributed by atoms with Crippen LogP contribution in [0.5, 0.6) is 0 Å². The zero-order chi connectivity index (χ0) is 14.6. The number of aryl methyl sites for hydroxylation is 1. The molecular weight excluding hydrogens is 242 g/mol. The van der Waals surface area contributed by atoms with Crippen molar-refractivity contribution < 1.29 is 4.79 Å². The number of hydrogen-bond acceptors (Lipinski definition) is 3. The van der Waals surface area contributed by atoms with E-state index < -0.39 is 0 Å². The number of H-pyrrole nitrogens is 1. The van der Waals surface area contributed by atoms with Gasteiger partial charge in [0.05, 0.1) is 0 Å². The van der Waals surface area contributed by atoms with E-state index in [-0.39, 0.29) is 23.1 Å². The van der Waals surface area contributed by atoms with Crippen molar-refractivity contribution in [3.63, 3.8) is 0 Å². The highest BCUT2D eigenvalue weighted by Crippen LogP contribution is 2.05. The van der Waals surface area contributed by atoms with Gasteiger partial charge in [0.2, 0.25) is 0 Å². The number of carbonyl (C=O) groups excluding carboxylic acids is 1. The first-order chi connectivity index (χ1) is 8.82. The predicted molar refractivity (Wildman–Crippen MR) is 76.2 cm³/mol. The first-order valence-electron chi connectivity index (χ1n) is 6.54. The van der Waals surface area contributed by atoms with E-state index in [0.717, 1.165) is 12.1 Å². The number of carbonyl (C=O) groups is 1. The maximum Gasteiger partial charge on any atom is 0.260 e. The summed E-state index contributed by atoms with van der Waals surface area (Å²) >= 11 is 0. The van der Waals surface area contributed by atoms with Crippen molar-refractivity contribution in [3.05, 3.63) is 33.7 Å². The third-order valence-electron chi connectivity index (χ3n) is 3.29. The lowest BCUT2D eigenvalue weighted by atomic mass is 10.0. The van der Waals surface area contributed by atoms with E-state index in [0.29, 0.717) is 12.5 Å². The monoisotopic (exact) mass is 265 g/mol. The van der Waals surface area contributed by atoms with Gasteiger partial charge in [-0.25, -0.2) is 0 Å². The smallest absolute Gasteiger partial charge is 0.260 e. The van der Waals surface area contributed by atoms with Gasteiger partial charge in [0.25, 0.3) is 11.5 Å². The minimum atomic E-state index is -0.343. The second-order valence-electron chi connectivity index (χ2n) is 5.31. The molecule has 1 aromatic heterocycles. The van der Waals surface area contributed by atoms with Crippen molar-refractivity contribution in [2.24, 2.45) is 11.7 Å². The maximum atomic E-state index is 12.1. The topological polar surface area (TPSA) is 79.2 Å². The summed E-state index contributed by atoms with van der Waals surface area (Å²) in [5.41, 5.74) is 6.52. The molecule has 1 heterocycles. The summed E-state index contributed by atoms with van der Waals surface area (Å²) in [6.45, 7) is 6.43. The second-order valence-corrected chi connectivity index (χ2v) is 5.31. The molecule has 0 saturated carbocycles. The number of nitrogens with one attached hydrogen (secondary N) is 1. The Morgan fingerprint density at radius 2 is 2.05 bits per heavy atom. The maximum absolute atomic E-state index is 12.1. The third-order valence-corrected chi connectivity index (χ3v) is 3.29. The average molecular weight is 265 g/mol. The highest BCUT2D eigenvalue weighted by molar-refractivity contribution is 5.93. The fraction of sp³-hybridized carbons (Fsp3) is 0.571. The quantitative estimate of drug-likeness (QED) is 0.837. The summed E-state index contributed by atoms with van der Waals surface area (Å²) in [7, 11) is 1.69. The second kappa shape index (κ2) is 6.52. The highest BCUT2D eigenvalue weighted by Gasteiger charge is 2.16. The van der Waals surface area contributed by atoms with Crippen molar-refractivity contribution in [1.29, 1.82) is 0 Å². The van der Waals surface area contributed by atoms with Gasteiger partial charge in [-0.1, -0.05) is 13.8 Å². The molecular formula is C14H23N3O2. The molecule has 0 bridgehead atoms. The summed E-state index contributed by atoms with van der Waals surface area (Å²) in [6, 6.07) is 3.35. The Hall–Kier alpha value is -1.62. The van der Waals surface area contributed by atoms with Gasteiger partial charge in [-0.15, -0.1) is 0 Å². The lowest BCUT2D eigenvalue weighted by molar-refractivity contribution is 0.0787. The average Bonchev–Trinajstić information content (AvgIpc) is 2.34. The Morgan fingerprint density at radius 3 is 2.58 bits per heavy atom. The molecule has 0 fully saturated rings. The molecule has 0 spiro atoms. The van der Waals surface area contributed by atoms with Crippen molar-refractivity contribution in [3.8, 4) is 0 Å². The third kappa shape index (κ3) is 4.21. The molecule has 3 N–H and O–H groups in total. The molecule has 5 heteroatoms. The summed E-state index contributed by atoms with van der Waals surface area (Å²) in [6.07, 6.45) is 0.726. The minimum absolute atomic E-state index is 0.0616. The largest absolute Gasteiger partial charge is 0.341 e. The molecule has 0 aromatic carbocycles. The van der Waals surface area contributed by atoms with Crippen LogP contribution in [0.1, 0.15) is 36.3 Å². The molecule has 1 aromatic rings. The van der Waals surface area contributed by atoms with E-state index in [4.69, 9.17) is 5.73 Å². The number of amides is 1. The fourth-order valence-electron chi connectivity index (χ4n) is 1.72. The molecule has 106 valence electrons. The van der Waals surface area contributed by atoms with Crippen molar-refractivity contribution in [2.45, 2.75) is 33.2 Å². The standard InChI is InChI=1S/C14H23N3O2/c1-9(2)12(15)7-8-17(4)14(19)11-6-5-10(3)16-13(11)18/h5-6,9,12H,7-8,15H2,1-4H3,(H,16,18). The Morgan fingerprint density at radius 1 is 1.42 bits per heavy atom. The van der Waals surface area contributed by atoms with Crippen LogP contribution < -0.4 is 11.3 Å². The molecule has 0 saturated heterocycles. The zero-order valence-electron chi connectivity index (χ0n) is 12.1. The first-order valence-corrected chi connectivity index (χ1v) is 6.54. The van der Waals surface area contributed by atoms with Crippen LogP contribution in [-0.2, 0) is 0 Å². The van der Waals surface area contributed by atoms with E-state index in [1.54, 1.807) is 31.0 Å². The zero-order valence-corrected chi connectivity index (χ0v) is 12.1. The molecule has 1 amide bonds. The van der Waals surface area contributed by atoms with Crippen LogP contribution in [0.15, 0.2) is 16.9 Å². The number of aromatic amines is 1. The van der Waals surface area contributed by atoms with Gasteiger partial charge in [-0.3, -0.25) is 9.59 Å². The van der Waals surface area contributed by atoms with E-state index in [9.17, 15) is 9.59 Å². The highest BCUT2D eigenvalue weighted by atomic mass is 16.2. The van der Waals surface area contributed by atoms with Crippen LogP contribution in [0, 0.1) is 12.8 Å². The fourth-order valence-corrected chi connectivity index (χ4v) is 1.72. The number of rotatable bonds is 5. The van der Waals surface area contributed by atoms with Crippen molar-refractivity contribution in [2.75, 3.05) is 13.6 Å². The van der Waals surface area contributed by atoms with Crippen LogP contribution >= 0.6 is 0 Å². The van der Waals surface area contributed by atoms with Gasteiger partial charge in [-0.05, 0) is 31.4 Å². The normalized spacial score (nSPS) is 12.5. The van der Waals surface area contributed by atoms with E-state index in [1.807, 2.05) is 0 Å². The summed E-state index contributed by atoms with van der Waals surface area (Å²) in [5, 5.41) is 0. The Kier molecular flexibility index (Phi) is 5.30. The lowest BCUT2D eigenvalue weighted by Gasteiger charge is -2.21. The SMILES string of the molecule is Cc1ccc(C(=O)N(C)CCC(N)C(C)C)c(=O)[nH]1.